The molecule has 0 aliphatic rings. The van der Waals surface area contributed by atoms with Gasteiger partial charge in [-0.3, -0.25) is 0 Å². The molecule has 0 aliphatic heterocycles. The number of fused-ring (bicyclic) bond motifs is 1. The van der Waals surface area contributed by atoms with E-state index in [4.69, 9.17) is 5.73 Å². The van der Waals surface area contributed by atoms with Gasteiger partial charge in [0.15, 0.2) is 0 Å². The molecule has 2 N–H and O–H groups in total. The summed E-state index contributed by atoms with van der Waals surface area (Å²) in [6.45, 7) is 0.536. The van der Waals surface area contributed by atoms with Crippen molar-refractivity contribution in [2.24, 2.45) is 5.73 Å². The fraction of sp³-hybridized carbons (Fsp3) is 0.182. The molecule has 0 bridgehead atoms. The molecule has 0 saturated carbocycles. The molecule has 2 aromatic heterocycles. The molecule has 86 valence electrons. The van der Waals surface area contributed by atoms with E-state index in [1.54, 1.807) is 10.8 Å². The lowest BCUT2D eigenvalue weighted by Crippen LogP contribution is -2.13. The summed E-state index contributed by atoms with van der Waals surface area (Å²) in [6.07, 6.45) is 1.61. The van der Waals surface area contributed by atoms with Crippen molar-refractivity contribution >= 4 is 16.3 Å². The Kier molecular flexibility index (Phi) is 2.58. The van der Waals surface area contributed by atoms with Gasteiger partial charge in [-0.1, -0.05) is 41.7 Å². The van der Waals surface area contributed by atoms with Gasteiger partial charge < -0.3 is 5.73 Å². The number of hydrogen-bond acceptors (Lipinski definition) is 5. The van der Waals surface area contributed by atoms with Crippen LogP contribution in [0, 0.1) is 0 Å². The van der Waals surface area contributed by atoms with Crippen LogP contribution in [0.1, 0.15) is 16.5 Å². The number of aromatic nitrogens is 4. The normalized spacial score (nSPS) is 13.0. The van der Waals surface area contributed by atoms with E-state index in [9.17, 15) is 0 Å². The van der Waals surface area contributed by atoms with Crippen molar-refractivity contribution in [1.82, 2.24) is 19.8 Å². The molecule has 0 saturated heterocycles. The highest BCUT2D eigenvalue weighted by molar-refractivity contribution is 7.16. The summed E-state index contributed by atoms with van der Waals surface area (Å²) < 4.78 is 1.69. The fourth-order valence-electron chi connectivity index (χ4n) is 1.78. The Morgan fingerprint density at radius 1 is 1.29 bits per heavy atom. The predicted molar refractivity (Wildman–Crippen MR) is 66.0 cm³/mol. The van der Waals surface area contributed by atoms with Gasteiger partial charge in [-0.25, -0.2) is 0 Å². The summed E-state index contributed by atoms with van der Waals surface area (Å²) >= 11 is 1.53. The number of nitrogens with zero attached hydrogens (tertiary/aromatic N) is 4. The quantitative estimate of drug-likeness (QED) is 0.754. The maximum absolute atomic E-state index is 5.85. The zero-order valence-corrected chi connectivity index (χ0v) is 9.84. The van der Waals surface area contributed by atoms with Crippen molar-refractivity contribution in [3.63, 3.8) is 0 Å². The zero-order chi connectivity index (χ0) is 11.7. The highest BCUT2D eigenvalue weighted by Crippen LogP contribution is 2.26. The minimum Gasteiger partial charge on any atom is -0.329 e. The summed E-state index contributed by atoms with van der Waals surface area (Å²) in [7, 11) is 0. The molecule has 3 aromatic rings. The van der Waals surface area contributed by atoms with Crippen molar-refractivity contribution in [1.29, 1.82) is 0 Å². The van der Waals surface area contributed by atoms with Crippen LogP contribution in [0.5, 0.6) is 0 Å². The minimum atomic E-state index is 0.128. The standard InChI is InChI=1S/C11H11N5S/c12-6-9(8-4-2-1-3-5-8)10-15-16-7-13-14-11(16)17-10/h1-5,7,9H,6,12H2. The second-order valence-corrected chi connectivity index (χ2v) is 4.68. The lowest BCUT2D eigenvalue weighted by Gasteiger charge is -2.10. The Labute approximate surface area is 102 Å². The summed E-state index contributed by atoms with van der Waals surface area (Å²) in [4.78, 5) is 0.800. The van der Waals surface area contributed by atoms with E-state index in [2.05, 4.69) is 27.4 Å². The molecule has 0 aliphatic carbocycles. The Bertz CT molecular complexity index is 586. The lowest BCUT2D eigenvalue weighted by molar-refractivity contribution is 0.774. The molecular weight excluding hydrogens is 234 g/mol. The average Bonchev–Trinajstić information content (AvgIpc) is 2.92. The van der Waals surface area contributed by atoms with Crippen LogP contribution in [0.4, 0.5) is 0 Å². The maximum atomic E-state index is 5.85. The van der Waals surface area contributed by atoms with Gasteiger partial charge in [0.05, 0.1) is 5.92 Å². The van der Waals surface area contributed by atoms with E-state index in [0.29, 0.717) is 6.54 Å². The van der Waals surface area contributed by atoms with Crippen molar-refractivity contribution in [2.75, 3.05) is 6.54 Å². The van der Waals surface area contributed by atoms with Crippen molar-refractivity contribution in [3.05, 3.63) is 47.2 Å². The summed E-state index contributed by atoms with van der Waals surface area (Å²) in [5.41, 5.74) is 7.03. The van der Waals surface area contributed by atoms with Crippen LogP contribution in [0.3, 0.4) is 0 Å². The largest absolute Gasteiger partial charge is 0.329 e. The highest BCUT2D eigenvalue weighted by atomic mass is 32.1. The van der Waals surface area contributed by atoms with E-state index >= 15 is 0 Å². The Balaban J connectivity index is 2.03. The van der Waals surface area contributed by atoms with Gasteiger partial charge >= 0.3 is 0 Å². The summed E-state index contributed by atoms with van der Waals surface area (Å²) in [5.74, 6) is 0.128. The molecule has 3 rings (SSSR count). The third-order valence-electron chi connectivity index (χ3n) is 2.64. The number of rotatable bonds is 3. The van der Waals surface area contributed by atoms with Gasteiger partial charge in [0.1, 0.15) is 11.3 Å². The first-order chi connectivity index (χ1) is 8.38. The molecule has 0 fully saturated rings. The van der Waals surface area contributed by atoms with Crippen LogP contribution in [-0.4, -0.2) is 26.4 Å². The molecule has 2 heterocycles. The highest BCUT2D eigenvalue weighted by Gasteiger charge is 2.17. The molecule has 1 unspecified atom stereocenters. The molecule has 6 heteroatoms. The second kappa shape index (κ2) is 4.23. The Morgan fingerprint density at radius 2 is 2.12 bits per heavy atom. The third-order valence-corrected chi connectivity index (χ3v) is 3.66. The van der Waals surface area contributed by atoms with Crippen LogP contribution >= 0.6 is 11.3 Å². The van der Waals surface area contributed by atoms with Crippen molar-refractivity contribution < 1.29 is 0 Å². The van der Waals surface area contributed by atoms with E-state index in [1.165, 1.54) is 16.9 Å². The smallest absolute Gasteiger partial charge is 0.234 e. The van der Waals surface area contributed by atoms with Gasteiger partial charge in [-0.2, -0.15) is 9.61 Å². The fourth-order valence-corrected chi connectivity index (χ4v) is 2.74. The van der Waals surface area contributed by atoms with Gasteiger partial charge in [0, 0.05) is 6.54 Å². The first kappa shape index (κ1) is 10.4. The molecule has 0 radical (unpaired) electrons. The first-order valence-electron chi connectivity index (χ1n) is 5.30. The second-order valence-electron chi connectivity index (χ2n) is 3.70. The van der Waals surface area contributed by atoms with Crippen molar-refractivity contribution in [2.45, 2.75) is 5.92 Å². The number of hydrogen-bond donors (Lipinski definition) is 1. The van der Waals surface area contributed by atoms with Gasteiger partial charge in [-0.15, -0.1) is 10.2 Å². The molecular formula is C11H11N5S. The monoisotopic (exact) mass is 245 g/mol. The van der Waals surface area contributed by atoms with Crippen LogP contribution in [0.25, 0.3) is 4.96 Å². The Hall–Kier alpha value is -1.79. The molecule has 0 amide bonds. The van der Waals surface area contributed by atoms with E-state index in [-0.39, 0.29) is 5.92 Å². The zero-order valence-electron chi connectivity index (χ0n) is 9.02. The SMILES string of the molecule is NCC(c1ccccc1)c1nn2cnnc2s1. The maximum Gasteiger partial charge on any atom is 0.234 e. The Morgan fingerprint density at radius 3 is 2.82 bits per heavy atom. The van der Waals surface area contributed by atoms with Gasteiger partial charge in [-0.05, 0) is 5.56 Å². The molecule has 0 spiro atoms. The van der Waals surface area contributed by atoms with Gasteiger partial charge in [0.25, 0.3) is 0 Å². The van der Waals surface area contributed by atoms with Crippen LogP contribution in [-0.2, 0) is 0 Å². The van der Waals surface area contributed by atoms with Crippen LogP contribution in [0.15, 0.2) is 36.7 Å². The van der Waals surface area contributed by atoms with E-state index in [0.717, 1.165) is 9.97 Å². The number of nitrogens with two attached hydrogens (primary N) is 1. The summed E-state index contributed by atoms with van der Waals surface area (Å²) in [5, 5.41) is 13.2. The minimum absolute atomic E-state index is 0.128. The van der Waals surface area contributed by atoms with Gasteiger partial charge in [0.2, 0.25) is 4.96 Å². The molecule has 17 heavy (non-hydrogen) atoms. The predicted octanol–water partition coefficient (Wildman–Crippen LogP) is 1.28. The summed E-state index contributed by atoms with van der Waals surface area (Å²) in [6, 6.07) is 10.2. The van der Waals surface area contributed by atoms with Crippen LogP contribution < -0.4 is 5.73 Å². The average molecular weight is 245 g/mol. The van der Waals surface area contributed by atoms with Crippen LogP contribution in [0.2, 0.25) is 0 Å². The van der Waals surface area contributed by atoms with E-state index < -0.39 is 0 Å². The molecule has 1 aromatic carbocycles. The molecule has 5 nitrogen and oxygen atoms in total. The van der Waals surface area contributed by atoms with E-state index in [1.807, 2.05) is 18.2 Å². The number of benzene rings is 1. The van der Waals surface area contributed by atoms with Crippen molar-refractivity contribution in [3.8, 4) is 0 Å². The molecule has 1 atom stereocenters. The lowest BCUT2D eigenvalue weighted by atomic mass is 10.0. The topological polar surface area (TPSA) is 69.1 Å². The third kappa shape index (κ3) is 1.81. The first-order valence-corrected chi connectivity index (χ1v) is 6.12.